The van der Waals surface area contributed by atoms with Crippen LogP contribution in [-0.4, -0.2) is 31.1 Å². The van der Waals surface area contributed by atoms with E-state index in [0.29, 0.717) is 0 Å². The molecule has 0 aromatic carbocycles. The van der Waals surface area contributed by atoms with Crippen molar-refractivity contribution in [1.29, 1.82) is 0 Å². The molecular formula is C50H104N2. The summed E-state index contributed by atoms with van der Waals surface area (Å²) in [6.07, 6.45) is 63.9. The van der Waals surface area contributed by atoms with Gasteiger partial charge >= 0.3 is 0 Å². The van der Waals surface area contributed by atoms with Gasteiger partial charge in [0, 0.05) is 0 Å². The highest BCUT2D eigenvalue weighted by molar-refractivity contribution is 4.61. The quantitative estimate of drug-likeness (QED) is 0.0631. The fraction of sp³-hybridized carbons (Fsp3) is 1.00. The van der Waals surface area contributed by atoms with Gasteiger partial charge in [-0.3, -0.25) is 0 Å². The van der Waals surface area contributed by atoms with Crippen LogP contribution in [0, 0.1) is 0 Å². The molecule has 2 nitrogen and oxygen atoms in total. The minimum atomic E-state index is 0.873. The first-order chi connectivity index (χ1) is 25.8. The largest absolute Gasteiger partial charge is 0.330 e. The number of unbranched alkanes of at least 4 members (excludes halogenated alkanes) is 41. The first kappa shape index (κ1) is 51.9. The molecule has 0 unspecified atom stereocenters. The van der Waals surface area contributed by atoms with Crippen molar-refractivity contribution in [1.82, 2.24) is 4.90 Å². The summed E-state index contributed by atoms with van der Waals surface area (Å²) in [4.78, 5) is 2.88. The molecule has 0 fully saturated rings. The second kappa shape index (κ2) is 48.9. The lowest BCUT2D eigenvalue weighted by Gasteiger charge is -2.22. The Morgan fingerprint density at radius 3 is 0.538 bits per heavy atom. The summed E-state index contributed by atoms with van der Waals surface area (Å²) in [7, 11) is 0. The van der Waals surface area contributed by atoms with Gasteiger partial charge in [-0.15, -0.1) is 0 Å². The van der Waals surface area contributed by atoms with Crippen molar-refractivity contribution < 1.29 is 0 Å². The molecule has 52 heavy (non-hydrogen) atoms. The van der Waals surface area contributed by atoms with Crippen molar-refractivity contribution in [2.45, 2.75) is 296 Å². The van der Waals surface area contributed by atoms with E-state index in [1.54, 1.807) is 0 Å². The van der Waals surface area contributed by atoms with Gasteiger partial charge in [0.1, 0.15) is 0 Å². The minimum Gasteiger partial charge on any atom is -0.330 e. The lowest BCUT2D eigenvalue weighted by atomic mass is 10.0. The van der Waals surface area contributed by atoms with Crippen LogP contribution < -0.4 is 5.73 Å². The third-order valence-electron chi connectivity index (χ3n) is 12.1. The summed E-state index contributed by atoms with van der Waals surface area (Å²) >= 11 is 0. The molecule has 0 aliphatic heterocycles. The van der Waals surface area contributed by atoms with Crippen molar-refractivity contribution in [2.75, 3.05) is 26.2 Å². The predicted octanol–water partition coefficient (Wildman–Crippen LogP) is 17.5. The average molecular weight is 733 g/mol. The average Bonchev–Trinajstić information content (AvgIpc) is 3.15. The summed E-state index contributed by atoms with van der Waals surface area (Å²) in [5.74, 6) is 0. The summed E-state index contributed by atoms with van der Waals surface area (Å²) in [6.45, 7) is 9.61. The van der Waals surface area contributed by atoms with Crippen molar-refractivity contribution >= 4 is 0 Å². The smallest absolute Gasteiger partial charge is 0.00187 e. The fourth-order valence-corrected chi connectivity index (χ4v) is 8.35. The van der Waals surface area contributed by atoms with Gasteiger partial charge in [-0.2, -0.15) is 0 Å². The number of hydrogen-bond donors (Lipinski definition) is 1. The molecule has 0 amide bonds. The molecule has 0 atom stereocenters. The monoisotopic (exact) mass is 733 g/mol. The summed E-state index contributed by atoms with van der Waals surface area (Å²) in [6, 6.07) is 0. The van der Waals surface area contributed by atoms with E-state index in [1.165, 1.54) is 302 Å². The minimum absolute atomic E-state index is 0.873. The lowest BCUT2D eigenvalue weighted by Crippen LogP contribution is -2.27. The predicted molar refractivity (Wildman–Crippen MR) is 240 cm³/mol. The zero-order valence-electron chi connectivity index (χ0n) is 37.0. The van der Waals surface area contributed by atoms with E-state index in [4.69, 9.17) is 5.73 Å². The summed E-state index contributed by atoms with van der Waals surface area (Å²) in [5.41, 5.74) is 5.60. The standard InChI is InChI=1S/C50H104N2/c1-3-5-7-9-11-13-15-17-24-28-32-36-40-44-48-52(49-45-41-37-33-29-25-18-16-14-12-10-8-6-4-2)50-46-42-38-34-30-26-22-20-19-21-23-27-31-35-39-43-47-51/h3-51H2,1-2H3. The van der Waals surface area contributed by atoms with Crippen LogP contribution >= 0.6 is 0 Å². The van der Waals surface area contributed by atoms with E-state index in [0.717, 1.165) is 6.54 Å². The Bertz CT molecular complexity index is 559. The Labute approximate surface area is 332 Å². The molecule has 0 aliphatic carbocycles. The van der Waals surface area contributed by atoms with Crippen LogP contribution in [0.2, 0.25) is 0 Å². The van der Waals surface area contributed by atoms with Crippen LogP contribution in [0.3, 0.4) is 0 Å². The highest BCUT2D eigenvalue weighted by atomic mass is 15.1. The third-order valence-corrected chi connectivity index (χ3v) is 12.1. The number of nitrogens with two attached hydrogens (primary N) is 1. The molecule has 0 rings (SSSR count). The Kier molecular flexibility index (Phi) is 48.9. The molecule has 0 aromatic rings. The van der Waals surface area contributed by atoms with Crippen LogP contribution in [0.5, 0.6) is 0 Å². The second-order valence-electron chi connectivity index (χ2n) is 17.5. The molecule has 0 heterocycles. The van der Waals surface area contributed by atoms with Crippen LogP contribution in [-0.2, 0) is 0 Å². The van der Waals surface area contributed by atoms with Crippen molar-refractivity contribution in [2.24, 2.45) is 5.73 Å². The van der Waals surface area contributed by atoms with E-state index in [2.05, 4.69) is 18.7 Å². The van der Waals surface area contributed by atoms with Gasteiger partial charge in [-0.25, -0.2) is 0 Å². The molecule has 0 saturated heterocycles. The molecule has 0 bridgehead atoms. The van der Waals surface area contributed by atoms with Crippen LogP contribution in [0.4, 0.5) is 0 Å². The molecule has 0 aromatic heterocycles. The maximum atomic E-state index is 5.60. The Morgan fingerprint density at radius 2 is 0.365 bits per heavy atom. The molecule has 0 aliphatic rings. The van der Waals surface area contributed by atoms with Gasteiger partial charge in [0.05, 0.1) is 0 Å². The highest BCUT2D eigenvalue weighted by Crippen LogP contribution is 2.17. The summed E-state index contributed by atoms with van der Waals surface area (Å²) in [5, 5.41) is 0. The molecule has 314 valence electrons. The third kappa shape index (κ3) is 46.1. The first-order valence-electron chi connectivity index (χ1n) is 25.3. The van der Waals surface area contributed by atoms with E-state index < -0.39 is 0 Å². The van der Waals surface area contributed by atoms with Gasteiger partial charge in [-0.1, -0.05) is 271 Å². The maximum Gasteiger partial charge on any atom is -0.00187 e. The topological polar surface area (TPSA) is 29.3 Å². The zero-order valence-corrected chi connectivity index (χ0v) is 37.0. The van der Waals surface area contributed by atoms with Gasteiger partial charge < -0.3 is 10.6 Å². The van der Waals surface area contributed by atoms with Crippen LogP contribution in [0.1, 0.15) is 296 Å². The van der Waals surface area contributed by atoms with Gasteiger partial charge in [0.15, 0.2) is 0 Å². The second-order valence-corrected chi connectivity index (χ2v) is 17.5. The zero-order chi connectivity index (χ0) is 37.5. The maximum absolute atomic E-state index is 5.60. The number of hydrogen-bond acceptors (Lipinski definition) is 2. The molecule has 2 N–H and O–H groups in total. The van der Waals surface area contributed by atoms with Crippen LogP contribution in [0.25, 0.3) is 0 Å². The van der Waals surface area contributed by atoms with Gasteiger partial charge in [0.25, 0.3) is 0 Å². The van der Waals surface area contributed by atoms with Crippen molar-refractivity contribution in [3.8, 4) is 0 Å². The van der Waals surface area contributed by atoms with Gasteiger partial charge in [-0.05, 0) is 51.9 Å². The van der Waals surface area contributed by atoms with Crippen molar-refractivity contribution in [3.63, 3.8) is 0 Å². The molecule has 2 heteroatoms. The normalized spacial score (nSPS) is 11.8. The van der Waals surface area contributed by atoms with E-state index >= 15 is 0 Å². The Balaban J connectivity index is 3.92. The molecule has 0 spiro atoms. The Morgan fingerprint density at radius 1 is 0.212 bits per heavy atom. The SMILES string of the molecule is CCCCCCCCCCCCCCCCN(CCCCCCCCCCCCCCCC)CCCCCCCCCCCCCCCCCCN. The van der Waals surface area contributed by atoms with E-state index in [9.17, 15) is 0 Å². The number of rotatable bonds is 48. The van der Waals surface area contributed by atoms with Crippen molar-refractivity contribution in [3.05, 3.63) is 0 Å². The number of nitrogens with zero attached hydrogens (tertiary/aromatic N) is 1. The molecular weight excluding hydrogens is 629 g/mol. The fourth-order valence-electron chi connectivity index (χ4n) is 8.35. The Hall–Kier alpha value is -0.0800. The van der Waals surface area contributed by atoms with E-state index in [-0.39, 0.29) is 0 Å². The highest BCUT2D eigenvalue weighted by Gasteiger charge is 2.06. The molecule has 0 saturated carbocycles. The van der Waals surface area contributed by atoms with Gasteiger partial charge in [0.2, 0.25) is 0 Å². The lowest BCUT2D eigenvalue weighted by molar-refractivity contribution is 0.254. The van der Waals surface area contributed by atoms with Crippen LogP contribution in [0.15, 0.2) is 0 Å². The molecule has 0 radical (unpaired) electrons. The van der Waals surface area contributed by atoms with E-state index in [1.807, 2.05) is 0 Å². The first-order valence-corrected chi connectivity index (χ1v) is 25.3. The summed E-state index contributed by atoms with van der Waals surface area (Å²) < 4.78 is 0.